The lowest BCUT2D eigenvalue weighted by molar-refractivity contribution is -0.137. The minimum absolute atomic E-state index is 0.181. The molecular formula is C34H43F3O. The molecule has 1 nitrogen and oxygen atoms in total. The first kappa shape index (κ1) is 29.8. The van der Waals surface area contributed by atoms with Crippen LogP contribution >= 0.6 is 0 Å². The molecule has 3 aromatic carbocycles. The predicted molar refractivity (Wildman–Crippen MR) is 154 cm³/mol. The molecule has 0 bridgehead atoms. The third kappa shape index (κ3) is 9.22. The van der Waals surface area contributed by atoms with Crippen LogP contribution in [0.4, 0.5) is 13.2 Å². The molecule has 0 atom stereocenters. The van der Waals surface area contributed by atoms with E-state index in [0.29, 0.717) is 12.2 Å². The van der Waals surface area contributed by atoms with Crippen molar-refractivity contribution in [3.8, 4) is 28.0 Å². The Balaban J connectivity index is 1.75. The molecule has 0 aromatic heterocycles. The molecule has 206 valence electrons. The number of ether oxygens (including phenoxy) is 1. The maximum atomic E-state index is 14.2. The highest BCUT2D eigenvalue weighted by molar-refractivity contribution is 5.85. The summed E-state index contributed by atoms with van der Waals surface area (Å²) in [5.74, 6) is 0.274. The standard InChI is InChI=1S/C34H43F3O/c1-3-5-7-9-11-15-25-38-29-23-24-32(33(26-29)34(35,36)37)31-18-14-13-17-30(31)28-21-19-27(20-22-28)16-12-10-8-6-4-2/h13-14,17-24,26H,3-12,15-16,25H2,1-2H3. The first-order valence-electron chi connectivity index (χ1n) is 14.5. The first-order chi connectivity index (χ1) is 18.4. The summed E-state index contributed by atoms with van der Waals surface area (Å²) in [5.41, 5.74) is 3.09. The van der Waals surface area contributed by atoms with Gasteiger partial charge >= 0.3 is 6.18 Å². The molecule has 0 N–H and O–H groups in total. The number of rotatable bonds is 16. The van der Waals surface area contributed by atoms with E-state index in [0.717, 1.165) is 49.3 Å². The van der Waals surface area contributed by atoms with Crippen LogP contribution in [-0.4, -0.2) is 6.61 Å². The number of halogens is 3. The Labute approximate surface area is 227 Å². The summed E-state index contributed by atoms with van der Waals surface area (Å²) < 4.78 is 48.3. The van der Waals surface area contributed by atoms with Crippen LogP contribution in [0.5, 0.6) is 5.75 Å². The summed E-state index contributed by atoms with van der Waals surface area (Å²) in [6.07, 6.45) is 9.38. The average molecular weight is 525 g/mol. The lowest BCUT2D eigenvalue weighted by Gasteiger charge is -2.18. The first-order valence-corrected chi connectivity index (χ1v) is 14.5. The number of alkyl halides is 3. The van der Waals surface area contributed by atoms with Crippen LogP contribution in [-0.2, 0) is 12.6 Å². The summed E-state index contributed by atoms with van der Waals surface area (Å²) >= 11 is 0. The molecule has 3 rings (SSSR count). The van der Waals surface area contributed by atoms with Gasteiger partial charge in [-0.25, -0.2) is 0 Å². The Morgan fingerprint density at radius 2 is 1.21 bits per heavy atom. The van der Waals surface area contributed by atoms with Crippen molar-refractivity contribution in [2.75, 3.05) is 6.61 Å². The second kappa shape index (κ2) is 15.6. The van der Waals surface area contributed by atoms with Crippen molar-refractivity contribution < 1.29 is 17.9 Å². The largest absolute Gasteiger partial charge is 0.494 e. The van der Waals surface area contributed by atoms with Gasteiger partial charge in [0, 0.05) is 0 Å². The average Bonchev–Trinajstić information content (AvgIpc) is 2.92. The normalized spacial score (nSPS) is 11.6. The zero-order chi connectivity index (χ0) is 27.2. The molecule has 0 unspecified atom stereocenters. The molecule has 4 heteroatoms. The highest BCUT2D eigenvalue weighted by Crippen LogP contribution is 2.42. The van der Waals surface area contributed by atoms with Crippen LogP contribution in [0.2, 0.25) is 0 Å². The van der Waals surface area contributed by atoms with Crippen molar-refractivity contribution in [3.63, 3.8) is 0 Å². The highest BCUT2D eigenvalue weighted by Gasteiger charge is 2.34. The third-order valence-electron chi connectivity index (χ3n) is 7.11. The number of hydrogen-bond acceptors (Lipinski definition) is 1. The van der Waals surface area contributed by atoms with Crippen LogP contribution in [0.15, 0.2) is 66.7 Å². The Bertz CT molecular complexity index is 1090. The number of benzene rings is 3. The van der Waals surface area contributed by atoms with Crippen molar-refractivity contribution in [1.82, 2.24) is 0 Å². The third-order valence-corrected chi connectivity index (χ3v) is 7.11. The van der Waals surface area contributed by atoms with E-state index in [1.54, 1.807) is 24.3 Å². The van der Waals surface area contributed by atoms with E-state index in [1.165, 1.54) is 50.5 Å². The summed E-state index contributed by atoms with van der Waals surface area (Å²) in [6, 6.07) is 20.0. The molecule has 0 fully saturated rings. The van der Waals surface area contributed by atoms with Gasteiger partial charge in [0.15, 0.2) is 0 Å². The van der Waals surface area contributed by atoms with Crippen molar-refractivity contribution >= 4 is 0 Å². The molecule has 0 aliphatic heterocycles. The monoisotopic (exact) mass is 524 g/mol. The second-order valence-corrected chi connectivity index (χ2v) is 10.2. The van der Waals surface area contributed by atoms with Gasteiger partial charge in [-0.3, -0.25) is 0 Å². The van der Waals surface area contributed by atoms with Crippen LogP contribution < -0.4 is 4.74 Å². The molecule has 0 aliphatic rings. The van der Waals surface area contributed by atoms with E-state index in [2.05, 4.69) is 26.0 Å². The fourth-order valence-corrected chi connectivity index (χ4v) is 4.91. The minimum Gasteiger partial charge on any atom is -0.494 e. The minimum atomic E-state index is -4.48. The van der Waals surface area contributed by atoms with E-state index in [-0.39, 0.29) is 11.3 Å². The van der Waals surface area contributed by atoms with Gasteiger partial charge in [0.1, 0.15) is 5.75 Å². The molecule has 0 saturated heterocycles. The van der Waals surface area contributed by atoms with Crippen molar-refractivity contribution in [1.29, 1.82) is 0 Å². The molecule has 0 aliphatic carbocycles. The maximum absolute atomic E-state index is 14.2. The van der Waals surface area contributed by atoms with Gasteiger partial charge < -0.3 is 4.74 Å². The SMILES string of the molecule is CCCCCCCCOc1ccc(-c2ccccc2-c2ccc(CCCCCCC)cc2)c(C(F)(F)F)c1. The van der Waals surface area contributed by atoms with Gasteiger partial charge in [-0.05, 0) is 59.2 Å². The van der Waals surface area contributed by atoms with Crippen LogP contribution in [0.3, 0.4) is 0 Å². The van der Waals surface area contributed by atoms with Crippen molar-refractivity contribution in [3.05, 3.63) is 77.9 Å². The van der Waals surface area contributed by atoms with E-state index in [9.17, 15) is 13.2 Å². The molecule has 0 amide bonds. The fourth-order valence-electron chi connectivity index (χ4n) is 4.91. The second-order valence-electron chi connectivity index (χ2n) is 10.2. The topological polar surface area (TPSA) is 9.23 Å². The lowest BCUT2D eigenvalue weighted by Crippen LogP contribution is -2.08. The predicted octanol–water partition coefficient (Wildman–Crippen LogP) is 11.3. The van der Waals surface area contributed by atoms with E-state index >= 15 is 0 Å². The molecule has 3 aromatic rings. The Morgan fingerprint density at radius 1 is 0.605 bits per heavy atom. The molecule has 38 heavy (non-hydrogen) atoms. The van der Waals surface area contributed by atoms with Gasteiger partial charge in [-0.1, -0.05) is 126 Å². The summed E-state index contributed by atoms with van der Waals surface area (Å²) in [6.45, 7) is 4.83. The molecular weight excluding hydrogens is 481 g/mol. The highest BCUT2D eigenvalue weighted by atomic mass is 19.4. The molecule has 0 saturated carbocycles. The number of hydrogen-bond donors (Lipinski definition) is 0. The summed E-state index contributed by atoms with van der Waals surface area (Å²) in [5, 5.41) is 0. The molecule has 0 heterocycles. The van der Waals surface area contributed by atoms with Crippen molar-refractivity contribution in [2.24, 2.45) is 0 Å². The smallest absolute Gasteiger partial charge is 0.417 e. The Hall–Kier alpha value is -2.75. The molecule has 0 spiro atoms. The van der Waals surface area contributed by atoms with Crippen LogP contribution in [0, 0.1) is 0 Å². The maximum Gasteiger partial charge on any atom is 0.417 e. The van der Waals surface area contributed by atoms with Crippen molar-refractivity contribution in [2.45, 2.75) is 97.1 Å². The van der Waals surface area contributed by atoms with E-state index in [1.807, 2.05) is 24.3 Å². The number of aryl methyl sites for hydroxylation is 1. The van der Waals surface area contributed by atoms with Gasteiger partial charge in [-0.2, -0.15) is 13.2 Å². The lowest BCUT2D eigenvalue weighted by atomic mass is 9.91. The van der Waals surface area contributed by atoms with E-state index < -0.39 is 11.7 Å². The van der Waals surface area contributed by atoms with Gasteiger partial charge in [-0.15, -0.1) is 0 Å². The zero-order valence-electron chi connectivity index (χ0n) is 23.1. The van der Waals surface area contributed by atoms with Crippen LogP contribution in [0.1, 0.15) is 95.6 Å². The van der Waals surface area contributed by atoms with E-state index in [4.69, 9.17) is 4.74 Å². The summed E-state index contributed by atoms with van der Waals surface area (Å²) in [7, 11) is 0. The van der Waals surface area contributed by atoms with Crippen LogP contribution in [0.25, 0.3) is 22.3 Å². The Kier molecular flexibility index (Phi) is 12.2. The summed E-state index contributed by atoms with van der Waals surface area (Å²) in [4.78, 5) is 0. The number of unbranched alkanes of at least 4 members (excludes halogenated alkanes) is 9. The zero-order valence-corrected chi connectivity index (χ0v) is 23.1. The van der Waals surface area contributed by atoms with Gasteiger partial charge in [0.2, 0.25) is 0 Å². The van der Waals surface area contributed by atoms with Gasteiger partial charge in [0.25, 0.3) is 0 Å². The quantitative estimate of drug-likeness (QED) is 0.169. The Morgan fingerprint density at radius 3 is 1.87 bits per heavy atom. The molecule has 0 radical (unpaired) electrons. The van der Waals surface area contributed by atoms with Gasteiger partial charge in [0.05, 0.1) is 12.2 Å². The fraction of sp³-hybridized carbons (Fsp3) is 0.471.